The highest BCUT2D eigenvalue weighted by atomic mass is 16.3. The molecule has 1 heterocycles. The number of amides is 1. The number of nitrogens with one attached hydrogen (secondary N) is 1. The number of carbonyl (C=O) groups is 1. The van der Waals surface area contributed by atoms with Crippen LogP contribution in [-0.2, 0) is 4.79 Å². The first-order valence-electron chi connectivity index (χ1n) is 3.50. The SMILES string of the molecule is CC(=O)NC(C)c1ccco1. The van der Waals surface area contributed by atoms with Gasteiger partial charge in [0.15, 0.2) is 0 Å². The van der Waals surface area contributed by atoms with E-state index in [0.29, 0.717) is 0 Å². The molecule has 1 amide bonds. The number of hydrogen-bond acceptors (Lipinski definition) is 2. The Morgan fingerprint density at radius 3 is 2.91 bits per heavy atom. The van der Waals surface area contributed by atoms with E-state index in [1.165, 1.54) is 6.92 Å². The molecule has 1 N–H and O–H groups in total. The predicted octanol–water partition coefficient (Wildman–Crippen LogP) is 1.48. The zero-order valence-electron chi connectivity index (χ0n) is 6.63. The molecule has 0 saturated carbocycles. The molecule has 0 fully saturated rings. The van der Waals surface area contributed by atoms with Crippen LogP contribution in [0.4, 0.5) is 0 Å². The number of carbonyl (C=O) groups excluding carboxylic acids is 1. The van der Waals surface area contributed by atoms with Crippen molar-refractivity contribution in [2.45, 2.75) is 19.9 Å². The van der Waals surface area contributed by atoms with Gasteiger partial charge < -0.3 is 9.73 Å². The van der Waals surface area contributed by atoms with Gasteiger partial charge >= 0.3 is 0 Å². The van der Waals surface area contributed by atoms with Crippen LogP contribution in [0.3, 0.4) is 0 Å². The largest absolute Gasteiger partial charge is 0.467 e. The fourth-order valence-electron chi connectivity index (χ4n) is 0.914. The van der Waals surface area contributed by atoms with E-state index in [4.69, 9.17) is 4.42 Å². The van der Waals surface area contributed by atoms with Crippen molar-refractivity contribution in [2.75, 3.05) is 0 Å². The van der Waals surface area contributed by atoms with Crippen LogP contribution in [0.2, 0.25) is 0 Å². The Labute approximate surface area is 65.4 Å². The summed E-state index contributed by atoms with van der Waals surface area (Å²) >= 11 is 0. The van der Waals surface area contributed by atoms with Gasteiger partial charge in [0.05, 0.1) is 12.3 Å². The van der Waals surface area contributed by atoms with Crippen molar-refractivity contribution in [3.05, 3.63) is 24.2 Å². The number of furan rings is 1. The summed E-state index contributed by atoms with van der Waals surface area (Å²) in [7, 11) is 0. The molecule has 1 atom stereocenters. The summed E-state index contributed by atoms with van der Waals surface area (Å²) in [6.45, 7) is 3.36. The van der Waals surface area contributed by atoms with Crippen LogP contribution in [0.5, 0.6) is 0 Å². The fourth-order valence-corrected chi connectivity index (χ4v) is 0.914. The molecule has 0 aliphatic rings. The highest BCUT2D eigenvalue weighted by Crippen LogP contribution is 2.11. The first-order chi connectivity index (χ1) is 5.20. The molecule has 0 spiro atoms. The topological polar surface area (TPSA) is 42.2 Å². The lowest BCUT2D eigenvalue weighted by Crippen LogP contribution is -2.23. The minimum atomic E-state index is -0.0473. The van der Waals surface area contributed by atoms with E-state index in [9.17, 15) is 4.79 Å². The lowest BCUT2D eigenvalue weighted by molar-refractivity contribution is -0.119. The molecule has 1 aromatic heterocycles. The van der Waals surface area contributed by atoms with Gasteiger partial charge in [-0.05, 0) is 19.1 Å². The smallest absolute Gasteiger partial charge is 0.217 e. The van der Waals surface area contributed by atoms with Crippen LogP contribution in [0.1, 0.15) is 25.6 Å². The molecule has 1 unspecified atom stereocenters. The lowest BCUT2D eigenvalue weighted by Gasteiger charge is -2.07. The highest BCUT2D eigenvalue weighted by molar-refractivity contribution is 5.73. The minimum Gasteiger partial charge on any atom is -0.467 e. The Balaban J connectivity index is 2.56. The van der Waals surface area contributed by atoms with Gasteiger partial charge in [0.1, 0.15) is 5.76 Å². The Morgan fingerprint density at radius 2 is 2.45 bits per heavy atom. The van der Waals surface area contributed by atoms with Crippen molar-refractivity contribution in [1.29, 1.82) is 0 Å². The zero-order valence-corrected chi connectivity index (χ0v) is 6.63. The van der Waals surface area contributed by atoms with Gasteiger partial charge in [-0.3, -0.25) is 4.79 Å². The van der Waals surface area contributed by atoms with Crippen molar-refractivity contribution < 1.29 is 9.21 Å². The average Bonchev–Trinajstić information content (AvgIpc) is 2.35. The van der Waals surface area contributed by atoms with E-state index in [-0.39, 0.29) is 11.9 Å². The first kappa shape index (κ1) is 7.85. The van der Waals surface area contributed by atoms with E-state index in [0.717, 1.165) is 5.76 Å². The van der Waals surface area contributed by atoms with E-state index < -0.39 is 0 Å². The van der Waals surface area contributed by atoms with Gasteiger partial charge in [0.25, 0.3) is 0 Å². The maximum Gasteiger partial charge on any atom is 0.217 e. The summed E-state index contributed by atoms with van der Waals surface area (Å²) in [6.07, 6.45) is 1.59. The monoisotopic (exact) mass is 153 g/mol. The quantitative estimate of drug-likeness (QED) is 0.699. The molecule has 0 aromatic carbocycles. The van der Waals surface area contributed by atoms with Gasteiger partial charge in [-0.2, -0.15) is 0 Å². The third-order valence-electron chi connectivity index (χ3n) is 1.39. The Bertz CT molecular complexity index is 228. The van der Waals surface area contributed by atoms with Crippen molar-refractivity contribution in [3.63, 3.8) is 0 Å². The van der Waals surface area contributed by atoms with Gasteiger partial charge in [0.2, 0.25) is 5.91 Å². The van der Waals surface area contributed by atoms with Crippen molar-refractivity contribution in [1.82, 2.24) is 5.32 Å². The molecule has 11 heavy (non-hydrogen) atoms. The zero-order chi connectivity index (χ0) is 8.27. The first-order valence-corrected chi connectivity index (χ1v) is 3.50. The Kier molecular flexibility index (Phi) is 2.31. The Morgan fingerprint density at radius 1 is 1.73 bits per heavy atom. The second kappa shape index (κ2) is 3.23. The maximum atomic E-state index is 10.6. The molecule has 0 aliphatic carbocycles. The Hall–Kier alpha value is -1.25. The second-order valence-electron chi connectivity index (χ2n) is 2.44. The molecular formula is C8H11NO2. The van der Waals surface area contributed by atoms with Crippen LogP contribution >= 0.6 is 0 Å². The molecule has 3 heteroatoms. The molecule has 0 saturated heterocycles. The van der Waals surface area contributed by atoms with Crippen LogP contribution in [-0.4, -0.2) is 5.91 Å². The molecule has 60 valence electrons. The molecule has 0 aliphatic heterocycles. The fraction of sp³-hybridized carbons (Fsp3) is 0.375. The summed E-state index contributed by atoms with van der Waals surface area (Å²) in [6, 6.07) is 3.59. The van der Waals surface area contributed by atoms with Gasteiger partial charge in [-0.25, -0.2) is 0 Å². The molecule has 0 radical (unpaired) electrons. The van der Waals surface area contributed by atoms with E-state index in [1.54, 1.807) is 12.3 Å². The third kappa shape index (κ3) is 2.11. The number of hydrogen-bond donors (Lipinski definition) is 1. The minimum absolute atomic E-state index is 0.0394. The molecular weight excluding hydrogens is 142 g/mol. The van der Waals surface area contributed by atoms with Crippen LogP contribution < -0.4 is 5.32 Å². The second-order valence-corrected chi connectivity index (χ2v) is 2.44. The van der Waals surface area contributed by atoms with Crippen LogP contribution in [0.25, 0.3) is 0 Å². The highest BCUT2D eigenvalue weighted by Gasteiger charge is 2.07. The van der Waals surface area contributed by atoms with Crippen LogP contribution in [0, 0.1) is 0 Å². The summed E-state index contributed by atoms with van der Waals surface area (Å²) in [5, 5.41) is 2.71. The molecule has 1 aromatic rings. The van der Waals surface area contributed by atoms with Gasteiger partial charge in [0, 0.05) is 6.92 Å². The number of rotatable bonds is 2. The van der Waals surface area contributed by atoms with Gasteiger partial charge in [-0.1, -0.05) is 0 Å². The lowest BCUT2D eigenvalue weighted by atomic mass is 10.2. The van der Waals surface area contributed by atoms with Crippen molar-refractivity contribution in [2.24, 2.45) is 0 Å². The maximum absolute atomic E-state index is 10.6. The summed E-state index contributed by atoms with van der Waals surface area (Å²) < 4.78 is 5.08. The molecule has 1 rings (SSSR count). The summed E-state index contributed by atoms with van der Waals surface area (Å²) in [4.78, 5) is 10.6. The summed E-state index contributed by atoms with van der Waals surface area (Å²) in [5.74, 6) is 0.731. The van der Waals surface area contributed by atoms with Crippen LogP contribution in [0.15, 0.2) is 22.8 Å². The normalized spacial score (nSPS) is 12.5. The van der Waals surface area contributed by atoms with E-state index in [1.807, 2.05) is 13.0 Å². The third-order valence-corrected chi connectivity index (χ3v) is 1.39. The summed E-state index contributed by atoms with van der Waals surface area (Å²) in [5.41, 5.74) is 0. The van der Waals surface area contributed by atoms with E-state index >= 15 is 0 Å². The predicted molar refractivity (Wildman–Crippen MR) is 40.9 cm³/mol. The molecule has 0 bridgehead atoms. The van der Waals surface area contributed by atoms with Crippen molar-refractivity contribution >= 4 is 5.91 Å². The molecule has 3 nitrogen and oxygen atoms in total. The standard InChI is InChI=1S/C8H11NO2/c1-6(9-7(2)10)8-4-3-5-11-8/h3-6H,1-2H3,(H,9,10). The van der Waals surface area contributed by atoms with E-state index in [2.05, 4.69) is 5.32 Å². The van der Waals surface area contributed by atoms with Gasteiger partial charge in [-0.15, -0.1) is 0 Å². The van der Waals surface area contributed by atoms with Crippen molar-refractivity contribution in [3.8, 4) is 0 Å². The average molecular weight is 153 g/mol.